The van der Waals surface area contributed by atoms with Crippen molar-refractivity contribution in [1.82, 2.24) is 10.3 Å². The molecule has 0 fully saturated rings. The van der Waals surface area contributed by atoms with Gasteiger partial charge in [0.25, 0.3) is 0 Å². The summed E-state index contributed by atoms with van der Waals surface area (Å²) in [6.45, 7) is 11.4. The Morgan fingerprint density at radius 2 is 1.94 bits per heavy atom. The standard InChI is InChI=1S/C14H23BrN2O/c1-9(2)11(5)18-14-12(7-16-10(3)4)6-13(15)8-17-14/h6,8-11,16H,7H2,1-5H3. The number of ether oxygens (including phenoxy) is 1. The Balaban J connectivity index is 2.82. The van der Waals surface area contributed by atoms with E-state index in [0.717, 1.165) is 22.5 Å². The van der Waals surface area contributed by atoms with Gasteiger partial charge in [0.05, 0.1) is 6.10 Å². The number of nitrogens with one attached hydrogen (secondary N) is 1. The first-order valence-corrected chi connectivity index (χ1v) is 7.24. The zero-order chi connectivity index (χ0) is 13.7. The second-order valence-electron chi connectivity index (χ2n) is 5.22. The van der Waals surface area contributed by atoms with Crippen molar-refractivity contribution in [2.45, 2.75) is 53.3 Å². The molecule has 1 rings (SSSR count). The predicted molar refractivity (Wildman–Crippen MR) is 78.8 cm³/mol. The van der Waals surface area contributed by atoms with Crippen LogP contribution in [0.4, 0.5) is 0 Å². The van der Waals surface area contributed by atoms with Crippen molar-refractivity contribution in [3.8, 4) is 5.88 Å². The Bertz CT molecular complexity index is 380. The summed E-state index contributed by atoms with van der Waals surface area (Å²) in [5.74, 6) is 1.20. The Morgan fingerprint density at radius 1 is 1.28 bits per heavy atom. The first-order chi connectivity index (χ1) is 8.40. The summed E-state index contributed by atoms with van der Waals surface area (Å²) in [5, 5.41) is 3.39. The molecule has 0 aromatic carbocycles. The molecule has 0 amide bonds. The predicted octanol–water partition coefficient (Wildman–Crippen LogP) is 3.77. The van der Waals surface area contributed by atoms with Crippen LogP contribution in [-0.4, -0.2) is 17.1 Å². The zero-order valence-corrected chi connectivity index (χ0v) is 13.4. The molecule has 1 heterocycles. The molecule has 1 atom stereocenters. The lowest BCUT2D eigenvalue weighted by Gasteiger charge is -2.20. The van der Waals surface area contributed by atoms with E-state index in [9.17, 15) is 0 Å². The van der Waals surface area contributed by atoms with Crippen LogP contribution in [0.1, 0.15) is 40.2 Å². The fraction of sp³-hybridized carbons (Fsp3) is 0.643. The largest absolute Gasteiger partial charge is 0.474 e. The highest BCUT2D eigenvalue weighted by atomic mass is 79.9. The van der Waals surface area contributed by atoms with Crippen LogP contribution in [0.25, 0.3) is 0 Å². The molecule has 18 heavy (non-hydrogen) atoms. The SMILES string of the molecule is CC(C)NCc1cc(Br)cnc1OC(C)C(C)C. The summed E-state index contributed by atoms with van der Waals surface area (Å²) in [7, 11) is 0. The maximum absolute atomic E-state index is 5.92. The van der Waals surface area contributed by atoms with Gasteiger partial charge in [0, 0.05) is 28.8 Å². The van der Waals surface area contributed by atoms with Crippen LogP contribution in [0.3, 0.4) is 0 Å². The van der Waals surface area contributed by atoms with Crippen molar-refractivity contribution in [2.75, 3.05) is 0 Å². The third kappa shape index (κ3) is 4.94. The summed E-state index contributed by atoms with van der Waals surface area (Å²) in [6, 6.07) is 2.50. The van der Waals surface area contributed by atoms with Crippen LogP contribution in [0.5, 0.6) is 5.88 Å². The summed E-state index contributed by atoms with van der Waals surface area (Å²) >= 11 is 3.45. The van der Waals surface area contributed by atoms with Crippen molar-refractivity contribution in [2.24, 2.45) is 5.92 Å². The zero-order valence-electron chi connectivity index (χ0n) is 11.8. The van der Waals surface area contributed by atoms with Crippen LogP contribution >= 0.6 is 15.9 Å². The van der Waals surface area contributed by atoms with Crippen LogP contribution < -0.4 is 10.1 Å². The summed E-state index contributed by atoms with van der Waals surface area (Å²) in [6.07, 6.45) is 1.94. The van der Waals surface area contributed by atoms with Crippen LogP contribution in [0.2, 0.25) is 0 Å². The van der Waals surface area contributed by atoms with Crippen LogP contribution in [-0.2, 0) is 6.54 Å². The van der Waals surface area contributed by atoms with Gasteiger partial charge in [-0.05, 0) is 34.8 Å². The highest BCUT2D eigenvalue weighted by Crippen LogP contribution is 2.22. The fourth-order valence-electron chi connectivity index (χ4n) is 1.33. The lowest BCUT2D eigenvalue weighted by Crippen LogP contribution is -2.24. The second kappa shape index (κ2) is 7.10. The number of pyridine rings is 1. The van der Waals surface area contributed by atoms with Crippen LogP contribution in [0, 0.1) is 5.92 Å². The van der Waals surface area contributed by atoms with Gasteiger partial charge in [0.1, 0.15) is 0 Å². The highest BCUT2D eigenvalue weighted by molar-refractivity contribution is 9.10. The van der Waals surface area contributed by atoms with Gasteiger partial charge in [-0.3, -0.25) is 0 Å². The Kier molecular flexibility index (Phi) is 6.09. The molecule has 0 aliphatic rings. The molecule has 0 bridgehead atoms. The lowest BCUT2D eigenvalue weighted by molar-refractivity contribution is 0.161. The molecule has 0 saturated heterocycles. The highest BCUT2D eigenvalue weighted by Gasteiger charge is 2.13. The van der Waals surface area contributed by atoms with E-state index in [1.807, 2.05) is 0 Å². The third-order valence-corrected chi connectivity index (χ3v) is 3.26. The molecule has 0 saturated carbocycles. The molecule has 1 N–H and O–H groups in total. The van der Waals surface area contributed by atoms with E-state index >= 15 is 0 Å². The lowest BCUT2D eigenvalue weighted by atomic mass is 10.1. The van der Waals surface area contributed by atoms with Crippen molar-refractivity contribution >= 4 is 15.9 Å². The van der Waals surface area contributed by atoms with Gasteiger partial charge in [-0.15, -0.1) is 0 Å². The Morgan fingerprint density at radius 3 is 2.50 bits per heavy atom. The van der Waals surface area contributed by atoms with Crippen molar-refractivity contribution in [3.05, 3.63) is 22.3 Å². The normalized spacial score (nSPS) is 13.1. The van der Waals surface area contributed by atoms with E-state index in [4.69, 9.17) is 4.74 Å². The van der Waals surface area contributed by atoms with Crippen molar-refractivity contribution in [1.29, 1.82) is 0 Å². The Hall–Kier alpha value is -0.610. The van der Waals surface area contributed by atoms with Crippen molar-refractivity contribution in [3.63, 3.8) is 0 Å². The van der Waals surface area contributed by atoms with Crippen LogP contribution in [0.15, 0.2) is 16.7 Å². The topological polar surface area (TPSA) is 34.2 Å². The minimum absolute atomic E-state index is 0.163. The molecular formula is C14H23BrN2O. The molecule has 102 valence electrons. The number of halogens is 1. The van der Waals surface area contributed by atoms with E-state index < -0.39 is 0 Å². The molecule has 4 heteroatoms. The van der Waals surface area contributed by atoms with Gasteiger partial charge >= 0.3 is 0 Å². The smallest absolute Gasteiger partial charge is 0.218 e. The monoisotopic (exact) mass is 314 g/mol. The summed E-state index contributed by atoms with van der Waals surface area (Å²) in [5.41, 5.74) is 1.09. The molecular weight excluding hydrogens is 292 g/mol. The van der Waals surface area contributed by atoms with E-state index in [0.29, 0.717) is 12.0 Å². The molecule has 1 unspecified atom stereocenters. The molecule has 0 aliphatic carbocycles. The van der Waals surface area contributed by atoms with Gasteiger partial charge in [-0.25, -0.2) is 4.98 Å². The molecule has 0 radical (unpaired) electrons. The minimum atomic E-state index is 0.163. The van der Waals surface area contributed by atoms with E-state index in [2.05, 4.69) is 66.9 Å². The maximum atomic E-state index is 5.92. The number of hydrogen-bond donors (Lipinski definition) is 1. The number of aromatic nitrogens is 1. The second-order valence-corrected chi connectivity index (χ2v) is 6.14. The summed E-state index contributed by atoms with van der Waals surface area (Å²) in [4.78, 5) is 4.37. The minimum Gasteiger partial charge on any atom is -0.474 e. The Labute approximate surface area is 118 Å². The maximum Gasteiger partial charge on any atom is 0.218 e. The quantitative estimate of drug-likeness (QED) is 0.868. The molecule has 1 aromatic heterocycles. The van der Waals surface area contributed by atoms with Gasteiger partial charge in [-0.2, -0.15) is 0 Å². The third-order valence-electron chi connectivity index (χ3n) is 2.83. The molecule has 0 spiro atoms. The number of hydrogen-bond acceptors (Lipinski definition) is 3. The molecule has 1 aromatic rings. The molecule has 3 nitrogen and oxygen atoms in total. The van der Waals surface area contributed by atoms with Gasteiger partial charge in [-0.1, -0.05) is 27.7 Å². The molecule has 0 aliphatic heterocycles. The average molecular weight is 315 g/mol. The van der Waals surface area contributed by atoms with E-state index in [1.54, 1.807) is 6.20 Å². The van der Waals surface area contributed by atoms with E-state index in [1.165, 1.54) is 0 Å². The summed E-state index contributed by atoms with van der Waals surface area (Å²) < 4.78 is 6.90. The average Bonchev–Trinajstić information content (AvgIpc) is 2.29. The van der Waals surface area contributed by atoms with Gasteiger partial charge < -0.3 is 10.1 Å². The first kappa shape index (κ1) is 15.4. The number of nitrogens with zero attached hydrogens (tertiary/aromatic N) is 1. The van der Waals surface area contributed by atoms with Gasteiger partial charge in [0.15, 0.2) is 0 Å². The van der Waals surface area contributed by atoms with Crippen molar-refractivity contribution < 1.29 is 4.74 Å². The number of rotatable bonds is 6. The van der Waals surface area contributed by atoms with E-state index in [-0.39, 0.29) is 6.10 Å². The van der Waals surface area contributed by atoms with Gasteiger partial charge in [0.2, 0.25) is 5.88 Å². The first-order valence-electron chi connectivity index (χ1n) is 6.44. The fourth-order valence-corrected chi connectivity index (χ4v) is 1.71.